The molecule has 1 saturated carbocycles. The fourth-order valence-electron chi connectivity index (χ4n) is 3.77. The average molecular weight is 407 g/mol. The van der Waals surface area contributed by atoms with E-state index in [4.69, 9.17) is 0 Å². The molecule has 0 radical (unpaired) electrons. The number of aliphatic imine (C=N–C) groups is 1. The third-order valence-corrected chi connectivity index (χ3v) is 5.62. The normalized spacial score (nSPS) is 16.4. The molecule has 1 heterocycles. The molecule has 0 amide bonds. The molecule has 1 fully saturated rings. The van der Waals surface area contributed by atoms with Gasteiger partial charge in [-0.15, -0.1) is 0 Å². The molecular formula is C21H28F3N5. The maximum Gasteiger partial charge on any atom is 0.416 e. The predicted octanol–water partition coefficient (Wildman–Crippen LogP) is 3.66. The number of nitrogens with zero attached hydrogens (tertiary/aromatic N) is 3. The molecule has 0 bridgehead atoms. The van der Waals surface area contributed by atoms with Gasteiger partial charge in [0.25, 0.3) is 0 Å². The Morgan fingerprint density at radius 2 is 2.07 bits per heavy atom. The van der Waals surface area contributed by atoms with Gasteiger partial charge in [-0.1, -0.05) is 24.6 Å². The summed E-state index contributed by atoms with van der Waals surface area (Å²) < 4.78 is 41.1. The quantitative estimate of drug-likeness (QED) is 0.418. The van der Waals surface area contributed by atoms with Gasteiger partial charge in [-0.05, 0) is 42.9 Å². The van der Waals surface area contributed by atoms with Gasteiger partial charge in [0, 0.05) is 38.8 Å². The summed E-state index contributed by atoms with van der Waals surface area (Å²) in [4.78, 5) is 4.25. The fourth-order valence-corrected chi connectivity index (χ4v) is 3.77. The molecule has 0 saturated heterocycles. The third-order valence-electron chi connectivity index (χ3n) is 5.62. The smallest absolute Gasteiger partial charge is 0.356 e. The van der Waals surface area contributed by atoms with Crippen LogP contribution in [0.1, 0.15) is 42.4 Å². The molecule has 29 heavy (non-hydrogen) atoms. The summed E-state index contributed by atoms with van der Waals surface area (Å²) >= 11 is 0. The Balaban J connectivity index is 1.53. The van der Waals surface area contributed by atoms with Crippen molar-refractivity contribution in [1.29, 1.82) is 0 Å². The van der Waals surface area contributed by atoms with E-state index in [1.165, 1.54) is 17.7 Å². The van der Waals surface area contributed by atoms with Crippen molar-refractivity contribution in [3.05, 3.63) is 53.3 Å². The molecule has 0 spiro atoms. The minimum Gasteiger partial charge on any atom is -0.356 e. The fraction of sp³-hybridized carbons (Fsp3) is 0.524. The molecule has 2 N–H and O–H groups in total. The first-order valence-electron chi connectivity index (χ1n) is 9.92. The van der Waals surface area contributed by atoms with Crippen LogP contribution in [0.4, 0.5) is 13.2 Å². The first-order chi connectivity index (χ1) is 13.8. The van der Waals surface area contributed by atoms with Crippen molar-refractivity contribution in [2.45, 2.75) is 43.7 Å². The summed E-state index contributed by atoms with van der Waals surface area (Å²) in [5, 5.41) is 10.8. The molecule has 0 atom stereocenters. The van der Waals surface area contributed by atoms with E-state index in [-0.39, 0.29) is 5.41 Å². The number of hydrogen-bond acceptors (Lipinski definition) is 2. The predicted molar refractivity (Wildman–Crippen MR) is 108 cm³/mol. The lowest BCUT2D eigenvalue weighted by Crippen LogP contribution is -2.49. The van der Waals surface area contributed by atoms with Gasteiger partial charge in [-0.2, -0.15) is 18.3 Å². The van der Waals surface area contributed by atoms with E-state index in [9.17, 15) is 13.2 Å². The molecule has 1 aliphatic carbocycles. The highest BCUT2D eigenvalue weighted by atomic mass is 19.4. The lowest BCUT2D eigenvalue weighted by Gasteiger charge is -2.43. The van der Waals surface area contributed by atoms with Crippen LogP contribution in [0.15, 0.2) is 41.7 Å². The van der Waals surface area contributed by atoms with E-state index < -0.39 is 11.7 Å². The summed E-state index contributed by atoms with van der Waals surface area (Å²) in [5.74, 6) is 0.675. The Kier molecular flexibility index (Phi) is 6.49. The van der Waals surface area contributed by atoms with Crippen molar-refractivity contribution in [2.75, 3.05) is 20.1 Å². The van der Waals surface area contributed by atoms with Gasteiger partial charge < -0.3 is 10.6 Å². The Bertz CT molecular complexity index is 837. The van der Waals surface area contributed by atoms with Crippen LogP contribution in [0.3, 0.4) is 0 Å². The number of guanidine groups is 1. The summed E-state index contributed by atoms with van der Waals surface area (Å²) in [6.07, 6.45) is 4.18. The van der Waals surface area contributed by atoms with Gasteiger partial charge in [0.1, 0.15) is 0 Å². The Hall–Kier alpha value is -2.51. The van der Waals surface area contributed by atoms with E-state index in [0.717, 1.165) is 50.3 Å². The average Bonchev–Trinajstić information content (AvgIpc) is 3.07. The second-order valence-electron chi connectivity index (χ2n) is 7.69. The summed E-state index contributed by atoms with van der Waals surface area (Å²) in [5.41, 5.74) is 1.08. The lowest BCUT2D eigenvalue weighted by molar-refractivity contribution is -0.137. The highest BCUT2D eigenvalue weighted by molar-refractivity contribution is 5.79. The van der Waals surface area contributed by atoms with Gasteiger partial charge in [0.05, 0.1) is 11.8 Å². The number of halogens is 3. The minimum absolute atomic E-state index is 0.269. The van der Waals surface area contributed by atoms with Gasteiger partial charge in [0.2, 0.25) is 0 Å². The SMILES string of the molecule is CN=C(NCCCc1cnn(C)c1)NCC1(c2cccc(C(F)(F)F)c2)CCC1. The van der Waals surface area contributed by atoms with Crippen LogP contribution in [0.5, 0.6) is 0 Å². The number of hydrogen-bond donors (Lipinski definition) is 2. The monoisotopic (exact) mass is 407 g/mol. The third kappa shape index (κ3) is 5.31. The number of aryl methyl sites for hydroxylation is 2. The van der Waals surface area contributed by atoms with E-state index in [2.05, 4.69) is 20.7 Å². The highest BCUT2D eigenvalue weighted by Crippen LogP contribution is 2.44. The van der Waals surface area contributed by atoms with Crippen LogP contribution in [0.2, 0.25) is 0 Å². The first-order valence-corrected chi connectivity index (χ1v) is 9.92. The molecular weight excluding hydrogens is 379 g/mol. The van der Waals surface area contributed by atoms with Gasteiger partial charge in [-0.25, -0.2) is 0 Å². The maximum absolute atomic E-state index is 13.1. The molecule has 3 rings (SSSR count). The lowest BCUT2D eigenvalue weighted by atomic mass is 9.64. The zero-order valence-corrected chi connectivity index (χ0v) is 16.9. The molecule has 0 aliphatic heterocycles. The van der Waals surface area contributed by atoms with E-state index in [0.29, 0.717) is 12.5 Å². The highest BCUT2D eigenvalue weighted by Gasteiger charge is 2.40. The van der Waals surface area contributed by atoms with Crippen LogP contribution in [0.25, 0.3) is 0 Å². The molecule has 0 unspecified atom stereocenters. The second kappa shape index (κ2) is 8.88. The first kappa shape index (κ1) is 21.2. The van der Waals surface area contributed by atoms with Crippen LogP contribution in [-0.4, -0.2) is 35.9 Å². The number of aromatic nitrogens is 2. The minimum atomic E-state index is -4.32. The molecule has 1 aliphatic rings. The largest absolute Gasteiger partial charge is 0.416 e. The topological polar surface area (TPSA) is 54.2 Å². The summed E-state index contributed by atoms with van der Waals surface area (Å²) in [6.45, 7) is 1.32. The van der Waals surface area contributed by atoms with Crippen molar-refractivity contribution in [2.24, 2.45) is 12.0 Å². The van der Waals surface area contributed by atoms with E-state index >= 15 is 0 Å². The van der Waals surface area contributed by atoms with Gasteiger partial charge in [0.15, 0.2) is 5.96 Å². The van der Waals surface area contributed by atoms with Crippen LogP contribution < -0.4 is 10.6 Å². The Labute approximate surface area is 169 Å². The molecule has 2 aromatic rings. The van der Waals surface area contributed by atoms with Crippen molar-refractivity contribution in [1.82, 2.24) is 20.4 Å². The number of benzene rings is 1. The molecule has 158 valence electrons. The number of rotatable bonds is 7. The Morgan fingerprint density at radius 3 is 2.66 bits per heavy atom. The molecule has 5 nitrogen and oxygen atoms in total. The zero-order chi connectivity index (χ0) is 20.9. The van der Waals surface area contributed by atoms with E-state index in [1.54, 1.807) is 17.8 Å². The zero-order valence-electron chi connectivity index (χ0n) is 16.9. The van der Waals surface area contributed by atoms with Gasteiger partial charge in [-0.3, -0.25) is 9.67 Å². The molecule has 8 heteroatoms. The second-order valence-corrected chi connectivity index (χ2v) is 7.69. The number of nitrogens with one attached hydrogen (secondary N) is 2. The van der Waals surface area contributed by atoms with Crippen molar-refractivity contribution in [3.8, 4) is 0 Å². The van der Waals surface area contributed by atoms with Crippen LogP contribution in [-0.2, 0) is 25.1 Å². The summed E-state index contributed by atoms with van der Waals surface area (Å²) in [7, 11) is 3.60. The van der Waals surface area contributed by atoms with E-state index in [1.807, 2.05) is 19.4 Å². The van der Waals surface area contributed by atoms with Crippen molar-refractivity contribution < 1.29 is 13.2 Å². The molecule has 1 aromatic carbocycles. The maximum atomic E-state index is 13.1. The standard InChI is InChI=1S/C21H28F3N5/c1-25-19(26-11-4-6-16-13-28-29(2)14-16)27-15-20(9-5-10-20)17-7-3-8-18(12-17)21(22,23)24/h3,7-8,12-14H,4-6,9-11,15H2,1-2H3,(H2,25,26,27). The van der Waals surface area contributed by atoms with Crippen molar-refractivity contribution in [3.63, 3.8) is 0 Å². The number of alkyl halides is 3. The molecule has 1 aromatic heterocycles. The van der Waals surface area contributed by atoms with Crippen LogP contribution >= 0.6 is 0 Å². The summed E-state index contributed by atoms with van der Waals surface area (Å²) in [6, 6.07) is 5.74. The van der Waals surface area contributed by atoms with Crippen molar-refractivity contribution >= 4 is 5.96 Å². The Morgan fingerprint density at radius 1 is 1.28 bits per heavy atom. The van der Waals surface area contributed by atoms with Crippen LogP contribution in [0, 0.1) is 0 Å². The van der Waals surface area contributed by atoms with Gasteiger partial charge >= 0.3 is 6.18 Å².